The first-order valence-corrected chi connectivity index (χ1v) is 13.8. The van der Waals surface area contributed by atoms with Crippen LogP contribution in [-0.4, -0.2) is 39.6 Å². The molecule has 3 aromatic carbocycles. The predicted molar refractivity (Wildman–Crippen MR) is 151 cm³/mol. The van der Waals surface area contributed by atoms with E-state index in [1.807, 2.05) is 90.4 Å². The number of carbonyl (C=O) groups is 1. The first-order valence-electron chi connectivity index (χ1n) is 12.0. The van der Waals surface area contributed by atoms with E-state index in [-0.39, 0.29) is 24.7 Å². The minimum atomic E-state index is -0.120. The molecule has 1 amide bonds. The van der Waals surface area contributed by atoms with Crippen molar-refractivity contribution in [1.82, 2.24) is 14.8 Å². The quantitative estimate of drug-likeness (QED) is 0.185. The highest BCUT2D eigenvalue weighted by Gasteiger charge is 2.20. The lowest BCUT2D eigenvalue weighted by atomic mass is 10.2. The molecule has 194 valence electrons. The molecule has 0 aliphatic carbocycles. The summed E-state index contributed by atoms with van der Waals surface area (Å²) in [6.45, 7) is 3.02. The number of nitriles is 1. The SMILES string of the molecule is CCOc1ccc(-n2c(COc3ccc(Br)cc3)nnc2SCC(=O)N(CCC#N)c2ccccc2)cc1. The molecule has 0 unspecified atom stereocenters. The molecule has 0 radical (unpaired) electrons. The van der Waals surface area contributed by atoms with E-state index in [4.69, 9.17) is 14.7 Å². The molecule has 0 aliphatic rings. The van der Waals surface area contributed by atoms with E-state index in [0.29, 0.717) is 29.9 Å². The number of carbonyl (C=O) groups excluding carboxylic acids is 1. The number of hydrogen-bond acceptors (Lipinski definition) is 7. The third-order valence-electron chi connectivity index (χ3n) is 5.43. The van der Waals surface area contributed by atoms with E-state index < -0.39 is 0 Å². The second-order valence-electron chi connectivity index (χ2n) is 7.98. The number of para-hydroxylation sites is 1. The Morgan fingerprint density at radius 2 is 1.68 bits per heavy atom. The van der Waals surface area contributed by atoms with Gasteiger partial charge < -0.3 is 14.4 Å². The van der Waals surface area contributed by atoms with Gasteiger partial charge in [-0.2, -0.15) is 5.26 Å². The van der Waals surface area contributed by atoms with Gasteiger partial charge in [-0.25, -0.2) is 0 Å². The van der Waals surface area contributed by atoms with E-state index in [2.05, 4.69) is 32.2 Å². The van der Waals surface area contributed by atoms with Crippen molar-refractivity contribution in [2.75, 3.05) is 23.8 Å². The summed E-state index contributed by atoms with van der Waals surface area (Å²) in [4.78, 5) is 14.9. The Bertz CT molecular complexity index is 1370. The summed E-state index contributed by atoms with van der Waals surface area (Å²) in [5, 5.41) is 18.4. The zero-order valence-electron chi connectivity index (χ0n) is 20.8. The largest absolute Gasteiger partial charge is 0.494 e. The Balaban J connectivity index is 1.56. The van der Waals surface area contributed by atoms with Crippen LogP contribution in [0.5, 0.6) is 11.5 Å². The van der Waals surface area contributed by atoms with Crippen molar-refractivity contribution < 1.29 is 14.3 Å². The maximum Gasteiger partial charge on any atom is 0.237 e. The number of anilines is 1. The van der Waals surface area contributed by atoms with Crippen LogP contribution in [0.2, 0.25) is 0 Å². The molecule has 0 N–H and O–H groups in total. The fourth-order valence-corrected chi connectivity index (χ4v) is 4.77. The molecule has 0 saturated carbocycles. The zero-order valence-corrected chi connectivity index (χ0v) is 23.2. The summed E-state index contributed by atoms with van der Waals surface area (Å²) in [5.74, 6) is 2.07. The van der Waals surface area contributed by atoms with Crippen molar-refractivity contribution in [2.45, 2.75) is 25.1 Å². The highest BCUT2D eigenvalue weighted by atomic mass is 79.9. The molecule has 0 spiro atoms. The Labute approximate surface area is 234 Å². The first kappa shape index (κ1) is 27.2. The van der Waals surface area contributed by atoms with Crippen LogP contribution in [0.4, 0.5) is 5.69 Å². The fourth-order valence-electron chi connectivity index (χ4n) is 3.66. The molecule has 38 heavy (non-hydrogen) atoms. The van der Waals surface area contributed by atoms with Crippen molar-refractivity contribution in [3.05, 3.63) is 89.2 Å². The molecule has 4 aromatic rings. The number of aromatic nitrogens is 3. The van der Waals surface area contributed by atoms with Crippen LogP contribution in [0.25, 0.3) is 5.69 Å². The number of nitrogens with zero attached hydrogens (tertiary/aromatic N) is 5. The topological polar surface area (TPSA) is 93.3 Å². The smallest absolute Gasteiger partial charge is 0.237 e. The number of benzene rings is 3. The summed E-state index contributed by atoms with van der Waals surface area (Å²) >= 11 is 4.72. The minimum Gasteiger partial charge on any atom is -0.494 e. The summed E-state index contributed by atoms with van der Waals surface area (Å²) in [5.41, 5.74) is 1.58. The second kappa shape index (κ2) is 13.7. The molecule has 0 bridgehead atoms. The number of halogens is 1. The third-order valence-corrected chi connectivity index (χ3v) is 6.87. The Kier molecular flexibility index (Phi) is 9.78. The lowest BCUT2D eigenvalue weighted by Gasteiger charge is -2.21. The van der Waals surface area contributed by atoms with E-state index in [1.54, 1.807) is 4.90 Å². The van der Waals surface area contributed by atoms with Gasteiger partial charge in [-0.05, 0) is 67.6 Å². The maximum atomic E-state index is 13.2. The number of ether oxygens (including phenoxy) is 2. The van der Waals surface area contributed by atoms with Gasteiger partial charge in [0.1, 0.15) is 18.1 Å². The van der Waals surface area contributed by atoms with Gasteiger partial charge in [-0.1, -0.05) is 45.9 Å². The molecule has 8 nitrogen and oxygen atoms in total. The molecule has 0 fully saturated rings. The molecule has 1 aromatic heterocycles. The van der Waals surface area contributed by atoms with Crippen LogP contribution in [0.15, 0.2) is 88.5 Å². The van der Waals surface area contributed by atoms with Crippen LogP contribution in [0.3, 0.4) is 0 Å². The molecular weight excluding hydrogens is 566 g/mol. The van der Waals surface area contributed by atoms with Crippen LogP contribution in [0, 0.1) is 11.3 Å². The van der Waals surface area contributed by atoms with E-state index in [0.717, 1.165) is 21.6 Å². The van der Waals surface area contributed by atoms with Gasteiger partial charge >= 0.3 is 0 Å². The van der Waals surface area contributed by atoms with Gasteiger partial charge in [-0.15, -0.1) is 10.2 Å². The van der Waals surface area contributed by atoms with Crippen LogP contribution < -0.4 is 14.4 Å². The molecule has 0 saturated heterocycles. The van der Waals surface area contributed by atoms with Crippen molar-refractivity contribution in [2.24, 2.45) is 0 Å². The fraction of sp³-hybridized carbons (Fsp3) is 0.214. The van der Waals surface area contributed by atoms with Crippen LogP contribution in [0.1, 0.15) is 19.2 Å². The maximum absolute atomic E-state index is 13.2. The average Bonchev–Trinajstić information content (AvgIpc) is 3.35. The van der Waals surface area contributed by atoms with Crippen molar-refractivity contribution >= 4 is 39.3 Å². The van der Waals surface area contributed by atoms with Crippen LogP contribution >= 0.6 is 27.7 Å². The molecule has 0 atom stereocenters. The zero-order chi connectivity index (χ0) is 26.7. The molecule has 1 heterocycles. The van der Waals surface area contributed by atoms with E-state index >= 15 is 0 Å². The first-order chi connectivity index (χ1) is 18.6. The normalized spacial score (nSPS) is 10.6. The van der Waals surface area contributed by atoms with Gasteiger partial charge in [-0.3, -0.25) is 9.36 Å². The number of hydrogen-bond donors (Lipinski definition) is 0. The van der Waals surface area contributed by atoms with Crippen molar-refractivity contribution in [3.8, 4) is 23.3 Å². The van der Waals surface area contributed by atoms with Gasteiger partial charge in [0.25, 0.3) is 0 Å². The van der Waals surface area contributed by atoms with E-state index in [9.17, 15) is 4.79 Å². The van der Waals surface area contributed by atoms with Crippen molar-refractivity contribution in [3.63, 3.8) is 0 Å². The van der Waals surface area contributed by atoms with E-state index in [1.165, 1.54) is 11.8 Å². The number of thioether (sulfide) groups is 1. The minimum absolute atomic E-state index is 0.120. The molecule has 4 rings (SSSR count). The van der Waals surface area contributed by atoms with Gasteiger partial charge in [0.05, 0.1) is 24.8 Å². The average molecular weight is 593 g/mol. The third kappa shape index (κ3) is 7.15. The van der Waals surface area contributed by atoms with Crippen LogP contribution in [-0.2, 0) is 11.4 Å². The summed E-state index contributed by atoms with van der Waals surface area (Å²) < 4.78 is 14.4. The van der Waals surface area contributed by atoms with Gasteiger partial charge in [0.15, 0.2) is 11.0 Å². The Morgan fingerprint density at radius 1 is 1.00 bits per heavy atom. The highest BCUT2D eigenvalue weighted by molar-refractivity contribution is 9.10. The molecule has 10 heteroatoms. The standard InChI is InChI=1S/C28H26BrN5O3S/c1-2-36-24-15-11-23(12-16-24)34-26(19-37-25-13-9-21(29)10-14-25)31-32-28(34)38-20-27(35)33(18-6-17-30)22-7-4-3-5-8-22/h3-5,7-16H,2,6,18-20H2,1H3. The predicted octanol–water partition coefficient (Wildman–Crippen LogP) is 6.05. The second-order valence-corrected chi connectivity index (χ2v) is 9.84. The lowest BCUT2D eigenvalue weighted by Crippen LogP contribution is -2.33. The summed E-state index contributed by atoms with van der Waals surface area (Å²) in [6, 6.07) is 26.6. The lowest BCUT2D eigenvalue weighted by molar-refractivity contribution is -0.116. The summed E-state index contributed by atoms with van der Waals surface area (Å²) in [7, 11) is 0. The number of rotatable bonds is 12. The number of amides is 1. The highest BCUT2D eigenvalue weighted by Crippen LogP contribution is 2.26. The van der Waals surface area contributed by atoms with Gasteiger partial charge in [0, 0.05) is 22.4 Å². The van der Waals surface area contributed by atoms with Gasteiger partial charge in [0.2, 0.25) is 5.91 Å². The monoisotopic (exact) mass is 591 g/mol. The molecular formula is C28H26BrN5O3S. The molecule has 0 aliphatic heterocycles. The Hall–Kier alpha value is -3.81. The summed E-state index contributed by atoms with van der Waals surface area (Å²) in [6.07, 6.45) is 0.241. The van der Waals surface area contributed by atoms with Crippen molar-refractivity contribution in [1.29, 1.82) is 5.26 Å². The Morgan fingerprint density at radius 3 is 2.37 bits per heavy atom.